The van der Waals surface area contributed by atoms with Gasteiger partial charge in [0.25, 0.3) is 0 Å². The maximum absolute atomic E-state index is 12.2. The van der Waals surface area contributed by atoms with E-state index >= 15 is 0 Å². The monoisotopic (exact) mass is 550 g/mol. The topological polar surface area (TPSA) is 23.1 Å². The van der Waals surface area contributed by atoms with E-state index < -0.39 is 7.26 Å². The molecule has 0 atom stereocenters. The summed E-state index contributed by atoms with van der Waals surface area (Å²) in [5.74, 6) is 2.04. The Hall–Kier alpha value is -1.34. The predicted octanol–water partition coefficient (Wildman–Crippen LogP) is 3.89. The normalized spacial score (nSPS) is 11.4. The van der Waals surface area contributed by atoms with Crippen molar-refractivity contribution in [1.82, 2.24) is 0 Å². The molecular formula is C21H19AuClOP. The summed E-state index contributed by atoms with van der Waals surface area (Å²) in [6, 6.07) is 31.1. The molecule has 0 heterocycles. The molecule has 0 amide bonds. The van der Waals surface area contributed by atoms with Gasteiger partial charge in [0.05, 0.1) is 5.82 Å². The Morgan fingerprint density at radius 3 is 1.24 bits per heavy atom. The van der Waals surface area contributed by atoms with E-state index in [1.165, 1.54) is 15.9 Å². The van der Waals surface area contributed by atoms with E-state index in [2.05, 4.69) is 45.6 Å². The van der Waals surface area contributed by atoms with Crippen molar-refractivity contribution in [3.05, 3.63) is 103 Å². The van der Waals surface area contributed by atoms with Crippen molar-refractivity contribution < 1.29 is 25.1 Å². The third-order valence-electron chi connectivity index (χ3n) is 3.87. The Bertz CT molecular complexity index is 691. The summed E-state index contributed by atoms with van der Waals surface area (Å²) >= 11 is 1.75. The minimum atomic E-state index is -2.08. The molecule has 0 unspecified atom stereocenters. The molecule has 3 rings (SSSR count). The SMILES string of the molecule is C/C([O-])=C/[P+](c1ccccc1)(c1ccccc1)c1ccccc1.[Cl][Au]. The zero-order chi connectivity index (χ0) is 18.1. The van der Waals surface area contributed by atoms with Gasteiger partial charge in [0.1, 0.15) is 23.2 Å². The van der Waals surface area contributed by atoms with Gasteiger partial charge >= 0.3 is 29.2 Å². The van der Waals surface area contributed by atoms with E-state index in [0.29, 0.717) is 0 Å². The summed E-state index contributed by atoms with van der Waals surface area (Å²) in [6.45, 7) is 1.64. The number of benzene rings is 3. The molecule has 0 bridgehead atoms. The van der Waals surface area contributed by atoms with Gasteiger partial charge in [-0.3, -0.25) is 0 Å². The van der Waals surface area contributed by atoms with Crippen LogP contribution in [0.25, 0.3) is 0 Å². The van der Waals surface area contributed by atoms with Gasteiger partial charge in [0.2, 0.25) is 0 Å². The molecule has 4 heteroatoms. The van der Waals surface area contributed by atoms with Crippen molar-refractivity contribution >= 4 is 32.4 Å². The van der Waals surface area contributed by atoms with E-state index in [0.717, 1.165) is 0 Å². The second kappa shape index (κ2) is 9.97. The molecule has 0 aliphatic carbocycles. The Kier molecular flexibility index (Phi) is 7.96. The van der Waals surface area contributed by atoms with Crippen molar-refractivity contribution in [2.24, 2.45) is 0 Å². The molecule has 0 aliphatic heterocycles. The molecular weight excluding hydrogens is 532 g/mol. The van der Waals surface area contributed by atoms with Gasteiger partial charge in [0.15, 0.2) is 0 Å². The summed E-state index contributed by atoms with van der Waals surface area (Å²) < 4.78 is 0. The minimum absolute atomic E-state index is 0.106. The van der Waals surface area contributed by atoms with E-state index in [1.807, 2.05) is 60.4 Å². The van der Waals surface area contributed by atoms with Gasteiger partial charge in [0, 0.05) is 0 Å². The van der Waals surface area contributed by atoms with Gasteiger partial charge in [-0.05, 0) is 36.4 Å². The van der Waals surface area contributed by atoms with Gasteiger partial charge in [-0.25, -0.2) is 0 Å². The van der Waals surface area contributed by atoms with Crippen LogP contribution in [-0.2, 0) is 20.0 Å². The Labute approximate surface area is 166 Å². The molecule has 0 aromatic heterocycles. The van der Waals surface area contributed by atoms with Crippen molar-refractivity contribution in [1.29, 1.82) is 0 Å². The van der Waals surface area contributed by atoms with E-state index in [1.54, 1.807) is 26.9 Å². The summed E-state index contributed by atoms with van der Waals surface area (Å²) in [6.07, 6.45) is 0. The molecule has 0 N–H and O–H groups in total. The standard InChI is InChI=1S/C21H19OP.Au.ClH/c1-18(22)17-23(19-11-5-2-6-12-19,20-13-7-3-8-14-20)21-15-9-4-10-16-21;;/h2-17H,1H3;;1H/q;+1;/p-1/b18-17-;;. The van der Waals surface area contributed by atoms with E-state index in [4.69, 9.17) is 0 Å². The number of halogens is 1. The zero-order valence-electron chi connectivity index (χ0n) is 13.8. The van der Waals surface area contributed by atoms with Crippen LogP contribution in [0.15, 0.2) is 103 Å². The number of allylic oxidation sites excluding steroid dienone is 1. The summed E-state index contributed by atoms with van der Waals surface area (Å²) in [7, 11) is 2.50. The fraction of sp³-hybridized carbons (Fsp3) is 0.0476. The number of hydrogen-bond donors (Lipinski definition) is 0. The van der Waals surface area contributed by atoms with Crippen molar-refractivity contribution in [2.45, 2.75) is 6.92 Å². The van der Waals surface area contributed by atoms with Crippen molar-refractivity contribution in [2.75, 3.05) is 0 Å². The molecule has 0 saturated heterocycles. The average Bonchev–Trinajstić information content (AvgIpc) is 2.69. The molecule has 25 heavy (non-hydrogen) atoms. The van der Waals surface area contributed by atoms with Crippen LogP contribution in [0.4, 0.5) is 0 Å². The summed E-state index contributed by atoms with van der Waals surface area (Å²) in [5.41, 5.74) is 0. The van der Waals surface area contributed by atoms with Gasteiger partial charge in [-0.2, -0.15) is 0 Å². The van der Waals surface area contributed by atoms with Crippen LogP contribution in [0.1, 0.15) is 6.92 Å². The first-order valence-corrected chi connectivity index (χ1v) is 12.3. The Balaban J connectivity index is 0.00000109. The molecule has 0 radical (unpaired) electrons. The average molecular weight is 551 g/mol. The third-order valence-corrected chi connectivity index (χ3v) is 7.95. The van der Waals surface area contributed by atoms with Crippen LogP contribution < -0.4 is 21.0 Å². The van der Waals surface area contributed by atoms with Gasteiger partial charge in [-0.1, -0.05) is 67.3 Å². The quantitative estimate of drug-likeness (QED) is 0.275. The molecule has 3 aromatic rings. The van der Waals surface area contributed by atoms with Crippen LogP contribution in [0.5, 0.6) is 0 Å². The fourth-order valence-electron chi connectivity index (χ4n) is 2.93. The van der Waals surface area contributed by atoms with E-state index in [9.17, 15) is 5.11 Å². The predicted molar refractivity (Wildman–Crippen MR) is 105 cm³/mol. The molecule has 0 fully saturated rings. The molecule has 132 valence electrons. The number of hydrogen-bond acceptors (Lipinski definition) is 1. The first-order chi connectivity index (χ1) is 12.2. The van der Waals surface area contributed by atoms with Crippen LogP contribution >= 0.6 is 16.5 Å². The molecule has 0 aliphatic rings. The van der Waals surface area contributed by atoms with Crippen LogP contribution in [-0.4, -0.2) is 0 Å². The maximum atomic E-state index is 12.2. The first kappa shape index (κ1) is 20.0. The van der Waals surface area contributed by atoms with Crippen LogP contribution in [0.2, 0.25) is 0 Å². The van der Waals surface area contributed by atoms with Crippen LogP contribution in [0.3, 0.4) is 0 Å². The fourth-order valence-corrected chi connectivity index (χ4v) is 6.75. The van der Waals surface area contributed by atoms with Crippen molar-refractivity contribution in [3.8, 4) is 0 Å². The summed E-state index contributed by atoms with van der Waals surface area (Å²) in [5, 5.41) is 15.8. The number of rotatable bonds is 4. The molecule has 1 nitrogen and oxygen atoms in total. The second-order valence-corrected chi connectivity index (χ2v) is 8.72. The molecule has 0 spiro atoms. The van der Waals surface area contributed by atoms with Crippen LogP contribution in [0, 0.1) is 0 Å². The van der Waals surface area contributed by atoms with Gasteiger partial charge < -0.3 is 5.11 Å². The third kappa shape index (κ3) is 4.64. The molecule has 0 saturated carbocycles. The Morgan fingerprint density at radius 2 is 1.00 bits per heavy atom. The Morgan fingerprint density at radius 1 is 0.720 bits per heavy atom. The zero-order valence-corrected chi connectivity index (χ0v) is 17.6. The summed E-state index contributed by atoms with van der Waals surface area (Å²) in [4.78, 5) is 0. The molecule has 3 aromatic carbocycles. The van der Waals surface area contributed by atoms with Crippen molar-refractivity contribution in [3.63, 3.8) is 0 Å². The van der Waals surface area contributed by atoms with Gasteiger partial charge in [-0.15, -0.1) is 0 Å². The first-order valence-electron chi connectivity index (χ1n) is 7.77. The van der Waals surface area contributed by atoms with E-state index in [-0.39, 0.29) is 5.76 Å². The second-order valence-electron chi connectivity index (χ2n) is 5.47.